The molecule has 1 aliphatic rings. The van der Waals surface area contributed by atoms with Crippen LogP contribution in [0.4, 0.5) is 8.78 Å². The van der Waals surface area contributed by atoms with Gasteiger partial charge in [0.2, 0.25) is 0 Å². The molecule has 2 aromatic heterocycles. The van der Waals surface area contributed by atoms with Gasteiger partial charge in [-0.25, -0.2) is 23.7 Å². The molecule has 3 aromatic carbocycles. The molecule has 0 spiro atoms. The van der Waals surface area contributed by atoms with Crippen LogP contribution < -0.4 is 0 Å². The van der Waals surface area contributed by atoms with Crippen molar-refractivity contribution < 1.29 is 13.6 Å². The number of benzene rings is 3. The third-order valence-electron chi connectivity index (χ3n) is 6.21. The number of halogens is 2. The van der Waals surface area contributed by atoms with Gasteiger partial charge in [-0.1, -0.05) is 0 Å². The maximum absolute atomic E-state index is 13.6. The summed E-state index contributed by atoms with van der Waals surface area (Å²) in [6.07, 6.45) is 2.35. The van der Waals surface area contributed by atoms with Gasteiger partial charge in [0.05, 0.1) is 46.7 Å². The van der Waals surface area contributed by atoms with Crippen LogP contribution >= 0.6 is 0 Å². The summed E-state index contributed by atoms with van der Waals surface area (Å²) in [4.78, 5) is 32.0. The smallest absolute Gasteiger partial charge is 0.254 e. The molecule has 0 bridgehead atoms. The molecule has 5 aromatic rings. The van der Waals surface area contributed by atoms with E-state index in [9.17, 15) is 13.6 Å². The second-order valence-electron chi connectivity index (χ2n) is 8.44. The molecule has 0 saturated carbocycles. The summed E-state index contributed by atoms with van der Waals surface area (Å²) in [7, 11) is 0. The molecule has 1 amide bonds. The van der Waals surface area contributed by atoms with E-state index < -0.39 is 0 Å². The number of nitrogens with one attached hydrogen (secondary N) is 1. The molecule has 3 heterocycles. The Balaban J connectivity index is 1.43. The van der Waals surface area contributed by atoms with E-state index in [1.165, 1.54) is 24.3 Å². The first-order valence-electron chi connectivity index (χ1n) is 11.2. The molecule has 1 N–H and O–H groups in total. The molecule has 0 unspecified atom stereocenters. The van der Waals surface area contributed by atoms with Crippen molar-refractivity contribution in [3.05, 3.63) is 102 Å². The molecule has 0 atom stereocenters. The Labute approximate surface area is 199 Å². The zero-order chi connectivity index (χ0) is 23.9. The molecule has 0 radical (unpaired) electrons. The summed E-state index contributed by atoms with van der Waals surface area (Å²) < 4.78 is 27.1. The van der Waals surface area contributed by atoms with Crippen molar-refractivity contribution in [1.82, 2.24) is 24.8 Å². The van der Waals surface area contributed by atoms with E-state index in [2.05, 4.69) is 9.97 Å². The fourth-order valence-corrected chi connectivity index (χ4v) is 4.37. The van der Waals surface area contributed by atoms with Crippen molar-refractivity contribution in [2.75, 3.05) is 6.54 Å². The lowest BCUT2D eigenvalue weighted by Crippen LogP contribution is -2.36. The lowest BCUT2D eigenvalue weighted by Gasteiger charge is -2.26. The largest absolute Gasteiger partial charge is 0.347 e. The molecule has 0 aliphatic carbocycles. The average Bonchev–Trinajstić information content (AvgIpc) is 3.36. The number of nitrogens with zero attached hydrogens (tertiary/aromatic N) is 4. The van der Waals surface area contributed by atoms with E-state index in [1.54, 1.807) is 53.7 Å². The van der Waals surface area contributed by atoms with Gasteiger partial charge in [0.25, 0.3) is 5.91 Å². The molecule has 6 rings (SSSR count). The predicted molar refractivity (Wildman–Crippen MR) is 127 cm³/mol. The molecule has 0 fully saturated rings. The van der Waals surface area contributed by atoms with Gasteiger partial charge in [-0.2, -0.15) is 0 Å². The van der Waals surface area contributed by atoms with Gasteiger partial charge in [-0.15, -0.1) is 0 Å². The molecule has 6 nitrogen and oxygen atoms in total. The maximum Gasteiger partial charge on any atom is 0.254 e. The summed E-state index contributed by atoms with van der Waals surface area (Å²) >= 11 is 0. The topological polar surface area (TPSA) is 74.8 Å². The highest BCUT2D eigenvalue weighted by Crippen LogP contribution is 2.32. The number of hydrogen-bond acceptors (Lipinski definition) is 4. The number of amides is 1. The van der Waals surface area contributed by atoms with Crippen molar-refractivity contribution in [3.63, 3.8) is 0 Å². The maximum atomic E-state index is 13.6. The SMILES string of the molecule is O=C(c1ccc2nc(-c3ccc(F)cc3)c(-c3ccc(F)cc3)nc2c1)N1CCc2nc[nH]c2C1. The minimum Gasteiger partial charge on any atom is -0.347 e. The van der Waals surface area contributed by atoms with Crippen LogP contribution in [0.3, 0.4) is 0 Å². The molecule has 8 heteroatoms. The van der Waals surface area contributed by atoms with E-state index >= 15 is 0 Å². The highest BCUT2D eigenvalue weighted by Gasteiger charge is 2.24. The Morgan fingerprint density at radius 1 is 0.829 bits per heavy atom. The second kappa shape index (κ2) is 8.39. The molecule has 0 saturated heterocycles. The number of H-pyrrole nitrogens is 1. The molecule has 1 aliphatic heterocycles. The number of carbonyl (C=O) groups is 1. The number of rotatable bonds is 3. The highest BCUT2D eigenvalue weighted by molar-refractivity contribution is 5.98. The monoisotopic (exact) mass is 467 g/mol. The van der Waals surface area contributed by atoms with Gasteiger partial charge in [0.1, 0.15) is 11.6 Å². The Hall–Kier alpha value is -4.46. The lowest BCUT2D eigenvalue weighted by atomic mass is 10.0. The van der Waals surface area contributed by atoms with Crippen molar-refractivity contribution in [1.29, 1.82) is 0 Å². The highest BCUT2D eigenvalue weighted by atomic mass is 19.1. The van der Waals surface area contributed by atoms with Crippen LogP contribution in [0.25, 0.3) is 33.5 Å². The van der Waals surface area contributed by atoms with Crippen LogP contribution in [-0.4, -0.2) is 37.3 Å². The van der Waals surface area contributed by atoms with E-state index in [0.29, 0.717) is 58.6 Å². The number of fused-ring (bicyclic) bond motifs is 2. The minimum absolute atomic E-state index is 0.0973. The normalized spacial score (nSPS) is 13.1. The Morgan fingerprint density at radius 3 is 2.11 bits per heavy atom. The molecule has 35 heavy (non-hydrogen) atoms. The number of aromatic nitrogens is 4. The standard InChI is InChI=1S/C27H19F2N5O/c28-19-6-1-16(2-7-19)25-26(17-3-8-20(29)9-4-17)33-23-13-18(5-10-22(23)32-25)27(35)34-12-11-21-24(14-34)31-15-30-21/h1-10,13,15H,11-12,14H2,(H,30,31). The fraction of sp³-hybridized carbons (Fsp3) is 0.111. The summed E-state index contributed by atoms with van der Waals surface area (Å²) in [5.41, 5.74) is 6.02. The van der Waals surface area contributed by atoms with Crippen molar-refractivity contribution in [2.24, 2.45) is 0 Å². The van der Waals surface area contributed by atoms with Crippen molar-refractivity contribution >= 4 is 16.9 Å². The molecular weight excluding hydrogens is 448 g/mol. The summed E-state index contributed by atoms with van der Waals surface area (Å²) in [5.74, 6) is -0.811. The van der Waals surface area contributed by atoms with Crippen LogP contribution in [-0.2, 0) is 13.0 Å². The summed E-state index contributed by atoms with van der Waals surface area (Å²) in [6, 6.07) is 17.2. The van der Waals surface area contributed by atoms with Crippen LogP contribution in [0.2, 0.25) is 0 Å². The predicted octanol–water partition coefficient (Wildman–Crippen LogP) is 5.16. The third-order valence-corrected chi connectivity index (χ3v) is 6.21. The van der Waals surface area contributed by atoms with Gasteiger partial charge in [0.15, 0.2) is 0 Å². The first kappa shape index (κ1) is 21.1. The van der Waals surface area contributed by atoms with Crippen LogP contribution in [0.1, 0.15) is 21.7 Å². The van der Waals surface area contributed by atoms with Gasteiger partial charge in [-0.05, 0) is 66.7 Å². The lowest BCUT2D eigenvalue weighted by molar-refractivity contribution is 0.0732. The van der Waals surface area contributed by atoms with E-state index in [0.717, 1.165) is 11.4 Å². The minimum atomic E-state index is -0.360. The van der Waals surface area contributed by atoms with Crippen LogP contribution in [0.15, 0.2) is 73.1 Å². The van der Waals surface area contributed by atoms with E-state index in [1.807, 2.05) is 0 Å². The average molecular weight is 467 g/mol. The van der Waals surface area contributed by atoms with Gasteiger partial charge >= 0.3 is 0 Å². The Kier molecular flexibility index (Phi) is 5.06. The Morgan fingerprint density at radius 2 is 1.46 bits per heavy atom. The van der Waals surface area contributed by atoms with E-state index in [4.69, 9.17) is 9.97 Å². The summed E-state index contributed by atoms with van der Waals surface area (Å²) in [5, 5.41) is 0. The van der Waals surface area contributed by atoms with Gasteiger partial charge in [-0.3, -0.25) is 4.79 Å². The zero-order valence-corrected chi connectivity index (χ0v) is 18.5. The van der Waals surface area contributed by atoms with E-state index in [-0.39, 0.29) is 17.5 Å². The number of aromatic amines is 1. The van der Waals surface area contributed by atoms with Gasteiger partial charge in [0, 0.05) is 29.7 Å². The number of hydrogen-bond donors (Lipinski definition) is 1. The van der Waals surface area contributed by atoms with Crippen molar-refractivity contribution in [2.45, 2.75) is 13.0 Å². The quantitative estimate of drug-likeness (QED) is 0.398. The first-order chi connectivity index (χ1) is 17.0. The molecule has 172 valence electrons. The molecular formula is C27H19F2N5O. The number of imidazole rings is 1. The zero-order valence-electron chi connectivity index (χ0n) is 18.5. The van der Waals surface area contributed by atoms with Crippen molar-refractivity contribution in [3.8, 4) is 22.5 Å². The fourth-order valence-electron chi connectivity index (χ4n) is 4.37. The third kappa shape index (κ3) is 3.93. The van der Waals surface area contributed by atoms with Gasteiger partial charge < -0.3 is 9.88 Å². The van der Waals surface area contributed by atoms with Crippen LogP contribution in [0, 0.1) is 11.6 Å². The van der Waals surface area contributed by atoms with Crippen LogP contribution in [0.5, 0.6) is 0 Å². The second-order valence-corrected chi connectivity index (χ2v) is 8.44. The first-order valence-corrected chi connectivity index (χ1v) is 11.2. The number of carbonyl (C=O) groups excluding carboxylic acids is 1. The Bertz CT molecular complexity index is 1560. The summed E-state index contributed by atoms with van der Waals surface area (Å²) in [6.45, 7) is 1.06.